The highest BCUT2D eigenvalue weighted by Crippen LogP contribution is 2.17. The molecule has 90 valence electrons. The summed E-state index contributed by atoms with van der Waals surface area (Å²) in [6.45, 7) is 2.11. The van der Waals surface area contributed by atoms with Gasteiger partial charge in [-0.2, -0.15) is 0 Å². The molecule has 1 aromatic carbocycles. The Hall–Kier alpha value is -1.68. The zero-order valence-electron chi connectivity index (χ0n) is 10.5. The van der Waals surface area contributed by atoms with E-state index in [1.54, 1.807) is 0 Å². The molecule has 0 amide bonds. The predicted octanol–water partition coefficient (Wildman–Crippen LogP) is 1.63. The fourth-order valence-corrected chi connectivity index (χ4v) is 2.04. The number of nitrogens with zero attached hydrogens (tertiary/aromatic N) is 3. The predicted molar refractivity (Wildman–Crippen MR) is 67.7 cm³/mol. The van der Waals surface area contributed by atoms with E-state index in [9.17, 15) is 0 Å². The number of benzene rings is 1. The first-order valence-corrected chi connectivity index (χ1v) is 5.78. The van der Waals surface area contributed by atoms with Crippen LogP contribution in [0.15, 0.2) is 30.5 Å². The van der Waals surface area contributed by atoms with Crippen molar-refractivity contribution in [3.63, 3.8) is 0 Å². The topological polar surface area (TPSA) is 42.7 Å². The van der Waals surface area contributed by atoms with Gasteiger partial charge in [-0.15, -0.1) is 5.10 Å². The summed E-state index contributed by atoms with van der Waals surface area (Å²) in [5.41, 5.74) is 3.72. The molecule has 0 fully saturated rings. The van der Waals surface area contributed by atoms with Crippen molar-refractivity contribution in [3.05, 3.63) is 47.3 Å². The summed E-state index contributed by atoms with van der Waals surface area (Å²) in [4.78, 5) is 0. The molecule has 4 nitrogen and oxygen atoms in total. The molecule has 4 heteroatoms. The molecule has 0 aliphatic rings. The van der Waals surface area contributed by atoms with Crippen LogP contribution in [-0.2, 0) is 13.5 Å². The summed E-state index contributed by atoms with van der Waals surface area (Å²) in [6.07, 6.45) is 2.76. The molecule has 1 atom stereocenters. The SMILES string of the molecule is CNC(Cc1cccc(C)c1)c1cnnn1C. The van der Waals surface area contributed by atoms with Gasteiger partial charge in [0.05, 0.1) is 17.9 Å². The number of hydrogen-bond acceptors (Lipinski definition) is 3. The number of hydrogen-bond donors (Lipinski definition) is 1. The Labute approximate surface area is 102 Å². The highest BCUT2D eigenvalue weighted by molar-refractivity contribution is 5.24. The molecule has 2 aromatic rings. The number of rotatable bonds is 4. The van der Waals surface area contributed by atoms with Crippen molar-refractivity contribution >= 4 is 0 Å². The van der Waals surface area contributed by atoms with Gasteiger partial charge in [0.25, 0.3) is 0 Å². The number of likely N-dealkylation sites (N-methyl/N-ethyl adjacent to an activating group) is 1. The van der Waals surface area contributed by atoms with Gasteiger partial charge in [0.2, 0.25) is 0 Å². The Morgan fingerprint density at radius 2 is 2.24 bits per heavy atom. The molecule has 2 rings (SSSR count). The zero-order chi connectivity index (χ0) is 12.3. The lowest BCUT2D eigenvalue weighted by atomic mass is 10.0. The Balaban J connectivity index is 2.19. The molecule has 17 heavy (non-hydrogen) atoms. The first kappa shape index (κ1) is 11.8. The van der Waals surface area contributed by atoms with Crippen LogP contribution in [0.4, 0.5) is 0 Å². The van der Waals surface area contributed by atoms with E-state index in [1.165, 1.54) is 11.1 Å². The minimum Gasteiger partial charge on any atom is -0.311 e. The quantitative estimate of drug-likeness (QED) is 0.868. The second kappa shape index (κ2) is 5.10. The van der Waals surface area contributed by atoms with Gasteiger partial charge >= 0.3 is 0 Å². The molecule has 0 aliphatic heterocycles. The van der Waals surface area contributed by atoms with Gasteiger partial charge in [-0.25, -0.2) is 0 Å². The van der Waals surface area contributed by atoms with Gasteiger partial charge in [-0.1, -0.05) is 35.0 Å². The third-order valence-corrected chi connectivity index (χ3v) is 2.98. The largest absolute Gasteiger partial charge is 0.311 e. The van der Waals surface area contributed by atoms with Gasteiger partial charge in [-0.3, -0.25) is 4.68 Å². The van der Waals surface area contributed by atoms with Gasteiger partial charge < -0.3 is 5.32 Å². The summed E-state index contributed by atoms with van der Waals surface area (Å²) in [7, 11) is 3.89. The molecule has 0 aliphatic carbocycles. The highest BCUT2D eigenvalue weighted by atomic mass is 15.4. The summed E-state index contributed by atoms with van der Waals surface area (Å²) in [5, 5.41) is 11.2. The average Bonchev–Trinajstić information content (AvgIpc) is 2.72. The average molecular weight is 230 g/mol. The summed E-state index contributed by atoms with van der Waals surface area (Å²) < 4.78 is 1.82. The van der Waals surface area contributed by atoms with Crippen molar-refractivity contribution in [1.29, 1.82) is 0 Å². The zero-order valence-corrected chi connectivity index (χ0v) is 10.5. The van der Waals surface area contributed by atoms with Crippen molar-refractivity contribution in [1.82, 2.24) is 20.3 Å². The number of aromatic nitrogens is 3. The fraction of sp³-hybridized carbons (Fsp3) is 0.385. The lowest BCUT2D eigenvalue weighted by Crippen LogP contribution is -2.21. The van der Waals surface area contributed by atoms with E-state index in [4.69, 9.17) is 0 Å². The second-order valence-corrected chi connectivity index (χ2v) is 4.32. The summed E-state index contributed by atoms with van der Waals surface area (Å²) >= 11 is 0. The lowest BCUT2D eigenvalue weighted by Gasteiger charge is -2.16. The molecule has 1 heterocycles. The summed E-state index contributed by atoms with van der Waals surface area (Å²) in [6, 6.07) is 8.83. The standard InChI is InChI=1S/C13H18N4/c1-10-5-4-6-11(7-10)8-12(14-2)13-9-15-16-17(13)3/h4-7,9,12,14H,8H2,1-3H3. The van der Waals surface area contributed by atoms with E-state index in [2.05, 4.69) is 46.8 Å². The van der Waals surface area contributed by atoms with Crippen molar-refractivity contribution in [2.24, 2.45) is 7.05 Å². The third-order valence-electron chi connectivity index (χ3n) is 2.98. The maximum absolute atomic E-state index is 3.97. The van der Waals surface area contributed by atoms with Crippen LogP contribution >= 0.6 is 0 Å². The molecule has 1 N–H and O–H groups in total. The number of aryl methyl sites for hydroxylation is 2. The van der Waals surface area contributed by atoms with Crippen LogP contribution in [0.2, 0.25) is 0 Å². The van der Waals surface area contributed by atoms with E-state index in [-0.39, 0.29) is 6.04 Å². The molecule has 0 saturated heterocycles. The van der Waals surface area contributed by atoms with Crippen molar-refractivity contribution in [3.8, 4) is 0 Å². The second-order valence-electron chi connectivity index (χ2n) is 4.32. The van der Waals surface area contributed by atoms with Gasteiger partial charge in [-0.05, 0) is 26.0 Å². The van der Waals surface area contributed by atoms with Crippen LogP contribution in [-0.4, -0.2) is 22.0 Å². The maximum Gasteiger partial charge on any atom is 0.0756 e. The first-order chi connectivity index (χ1) is 8.20. The Morgan fingerprint density at radius 3 is 2.82 bits per heavy atom. The van der Waals surface area contributed by atoms with Crippen LogP contribution in [0, 0.1) is 6.92 Å². The summed E-state index contributed by atoms with van der Waals surface area (Å²) in [5.74, 6) is 0. The first-order valence-electron chi connectivity index (χ1n) is 5.78. The van der Waals surface area contributed by atoms with Gasteiger partial charge in [0.1, 0.15) is 0 Å². The Bertz CT molecular complexity index is 490. The number of nitrogens with one attached hydrogen (secondary N) is 1. The fourth-order valence-electron chi connectivity index (χ4n) is 2.04. The molecule has 0 saturated carbocycles. The minimum absolute atomic E-state index is 0.247. The highest BCUT2D eigenvalue weighted by Gasteiger charge is 2.14. The minimum atomic E-state index is 0.247. The van der Waals surface area contributed by atoms with Crippen LogP contribution in [0.3, 0.4) is 0 Å². The van der Waals surface area contributed by atoms with Crippen molar-refractivity contribution in [2.75, 3.05) is 7.05 Å². The van der Waals surface area contributed by atoms with E-state index in [0.717, 1.165) is 12.1 Å². The third kappa shape index (κ3) is 2.71. The van der Waals surface area contributed by atoms with Crippen LogP contribution < -0.4 is 5.32 Å². The van der Waals surface area contributed by atoms with E-state index in [1.807, 2.05) is 25.0 Å². The van der Waals surface area contributed by atoms with E-state index in [0.29, 0.717) is 0 Å². The van der Waals surface area contributed by atoms with Gasteiger partial charge in [0.15, 0.2) is 0 Å². The van der Waals surface area contributed by atoms with Crippen LogP contribution in [0.25, 0.3) is 0 Å². The molecular formula is C13H18N4. The molecule has 1 unspecified atom stereocenters. The van der Waals surface area contributed by atoms with E-state index < -0.39 is 0 Å². The smallest absolute Gasteiger partial charge is 0.0756 e. The maximum atomic E-state index is 3.97. The van der Waals surface area contributed by atoms with Crippen molar-refractivity contribution < 1.29 is 0 Å². The van der Waals surface area contributed by atoms with Crippen LogP contribution in [0.1, 0.15) is 22.9 Å². The van der Waals surface area contributed by atoms with Crippen molar-refractivity contribution in [2.45, 2.75) is 19.4 Å². The lowest BCUT2D eigenvalue weighted by molar-refractivity contribution is 0.534. The van der Waals surface area contributed by atoms with Crippen LogP contribution in [0.5, 0.6) is 0 Å². The molecular weight excluding hydrogens is 212 g/mol. The Kier molecular flexibility index (Phi) is 3.54. The molecule has 0 spiro atoms. The monoisotopic (exact) mass is 230 g/mol. The van der Waals surface area contributed by atoms with Gasteiger partial charge in [0, 0.05) is 7.05 Å². The molecule has 0 bridgehead atoms. The normalized spacial score (nSPS) is 12.6. The molecule has 0 radical (unpaired) electrons. The molecule has 1 aromatic heterocycles. The van der Waals surface area contributed by atoms with E-state index >= 15 is 0 Å². The Morgan fingerprint density at radius 1 is 1.41 bits per heavy atom.